The highest BCUT2D eigenvalue weighted by Crippen LogP contribution is 2.25. The number of amides is 1. The molecule has 1 N–H and O–H groups in total. The van der Waals surface area contributed by atoms with Crippen LogP contribution in [0.1, 0.15) is 70.6 Å². The Hall–Kier alpha value is -1.06. The predicted octanol–water partition coefficient (Wildman–Crippen LogP) is 3.20. The Bertz CT molecular complexity index is 283. The van der Waals surface area contributed by atoms with Crippen molar-refractivity contribution in [3.05, 3.63) is 0 Å². The quantitative estimate of drug-likeness (QED) is 0.423. The summed E-state index contributed by atoms with van der Waals surface area (Å²) >= 11 is 0. The van der Waals surface area contributed by atoms with Crippen LogP contribution in [0.15, 0.2) is 0 Å². The van der Waals surface area contributed by atoms with E-state index in [1.54, 1.807) is 0 Å². The van der Waals surface area contributed by atoms with E-state index in [0.717, 1.165) is 25.8 Å². The molecule has 0 aromatic carbocycles. The van der Waals surface area contributed by atoms with Crippen molar-refractivity contribution in [2.24, 2.45) is 5.92 Å². The third-order valence-electron chi connectivity index (χ3n) is 4.06. The largest absolute Gasteiger partial charge is 0.469 e. The van der Waals surface area contributed by atoms with Gasteiger partial charge in [-0.3, -0.25) is 9.59 Å². The molecule has 1 aliphatic carbocycles. The van der Waals surface area contributed by atoms with Crippen molar-refractivity contribution in [1.29, 1.82) is 0 Å². The fourth-order valence-corrected chi connectivity index (χ4v) is 2.80. The van der Waals surface area contributed by atoms with Gasteiger partial charge in [-0.25, -0.2) is 0 Å². The molecule has 0 saturated heterocycles. The van der Waals surface area contributed by atoms with Crippen LogP contribution in [0.5, 0.6) is 0 Å². The first-order chi connectivity index (χ1) is 9.72. The number of ether oxygens (including phenoxy) is 1. The molecule has 0 unspecified atom stereocenters. The Morgan fingerprint density at radius 3 is 2.40 bits per heavy atom. The number of unbranched alkanes of at least 4 members (excludes halogenated alkanes) is 2. The highest BCUT2D eigenvalue weighted by atomic mass is 16.5. The summed E-state index contributed by atoms with van der Waals surface area (Å²) in [4.78, 5) is 22.7. The van der Waals surface area contributed by atoms with Crippen LogP contribution in [-0.4, -0.2) is 25.5 Å². The number of nitrogens with one attached hydrogen (secondary N) is 1. The zero-order valence-electron chi connectivity index (χ0n) is 12.8. The Kier molecular flexibility index (Phi) is 9.09. The minimum atomic E-state index is -0.151. The highest BCUT2D eigenvalue weighted by Gasteiger charge is 2.15. The molecule has 4 heteroatoms. The number of esters is 1. The van der Waals surface area contributed by atoms with Gasteiger partial charge in [-0.1, -0.05) is 32.1 Å². The summed E-state index contributed by atoms with van der Waals surface area (Å²) in [5, 5.41) is 3.00. The van der Waals surface area contributed by atoms with E-state index < -0.39 is 0 Å². The minimum absolute atomic E-state index is 0.151. The maximum Gasteiger partial charge on any atom is 0.305 e. The number of carbonyl (C=O) groups excluding carboxylic acids is 2. The molecule has 1 saturated carbocycles. The van der Waals surface area contributed by atoms with E-state index in [0.29, 0.717) is 18.8 Å². The molecule has 0 heterocycles. The number of hydrogen-bond acceptors (Lipinski definition) is 3. The van der Waals surface area contributed by atoms with Gasteiger partial charge in [0.05, 0.1) is 7.11 Å². The highest BCUT2D eigenvalue weighted by molar-refractivity contribution is 5.76. The lowest BCUT2D eigenvalue weighted by Crippen LogP contribution is -2.26. The Morgan fingerprint density at radius 1 is 1.05 bits per heavy atom. The van der Waals surface area contributed by atoms with Crippen LogP contribution in [0.4, 0.5) is 0 Å². The molecule has 0 spiro atoms. The molecule has 20 heavy (non-hydrogen) atoms. The Labute approximate surface area is 122 Å². The second-order valence-corrected chi connectivity index (χ2v) is 5.80. The first-order valence-corrected chi connectivity index (χ1v) is 8.06. The topological polar surface area (TPSA) is 55.4 Å². The summed E-state index contributed by atoms with van der Waals surface area (Å²) in [7, 11) is 1.41. The van der Waals surface area contributed by atoms with Crippen molar-refractivity contribution in [1.82, 2.24) is 5.32 Å². The molecule has 1 fully saturated rings. The van der Waals surface area contributed by atoms with E-state index in [9.17, 15) is 9.59 Å². The van der Waals surface area contributed by atoms with Crippen molar-refractivity contribution in [3.8, 4) is 0 Å². The van der Waals surface area contributed by atoms with Gasteiger partial charge in [0.1, 0.15) is 0 Å². The molecule has 1 aliphatic rings. The Morgan fingerprint density at radius 2 is 1.75 bits per heavy atom. The molecule has 0 aromatic heterocycles. The van der Waals surface area contributed by atoms with Crippen LogP contribution in [0.2, 0.25) is 0 Å². The zero-order chi connectivity index (χ0) is 14.6. The van der Waals surface area contributed by atoms with Gasteiger partial charge < -0.3 is 10.1 Å². The fraction of sp³-hybridized carbons (Fsp3) is 0.875. The molecule has 0 radical (unpaired) electrons. The summed E-state index contributed by atoms with van der Waals surface area (Å²) in [5.41, 5.74) is 0. The second-order valence-electron chi connectivity index (χ2n) is 5.80. The molecular formula is C16H29NO3. The van der Waals surface area contributed by atoms with E-state index in [4.69, 9.17) is 0 Å². The van der Waals surface area contributed by atoms with Crippen LogP contribution in [0.25, 0.3) is 0 Å². The number of carbonyl (C=O) groups is 2. The van der Waals surface area contributed by atoms with Gasteiger partial charge >= 0.3 is 5.97 Å². The van der Waals surface area contributed by atoms with Crippen LogP contribution in [0.3, 0.4) is 0 Å². The lowest BCUT2D eigenvalue weighted by molar-refractivity contribution is -0.140. The van der Waals surface area contributed by atoms with Crippen molar-refractivity contribution < 1.29 is 14.3 Å². The van der Waals surface area contributed by atoms with Crippen LogP contribution < -0.4 is 5.32 Å². The van der Waals surface area contributed by atoms with Crippen LogP contribution in [0, 0.1) is 5.92 Å². The molecule has 116 valence electrons. The fourth-order valence-electron chi connectivity index (χ4n) is 2.80. The molecule has 0 atom stereocenters. The second kappa shape index (κ2) is 10.7. The van der Waals surface area contributed by atoms with E-state index in [1.807, 2.05) is 0 Å². The van der Waals surface area contributed by atoms with Gasteiger partial charge in [-0.15, -0.1) is 0 Å². The van der Waals surface area contributed by atoms with Crippen LogP contribution in [-0.2, 0) is 14.3 Å². The molecule has 1 amide bonds. The molecule has 1 rings (SSSR count). The van der Waals surface area contributed by atoms with Crippen molar-refractivity contribution in [2.75, 3.05) is 13.7 Å². The van der Waals surface area contributed by atoms with E-state index in [-0.39, 0.29) is 11.9 Å². The normalized spacial score (nSPS) is 16.4. The monoisotopic (exact) mass is 283 g/mol. The lowest BCUT2D eigenvalue weighted by atomic mass is 9.96. The maximum atomic E-state index is 11.8. The third kappa shape index (κ3) is 8.18. The predicted molar refractivity (Wildman–Crippen MR) is 79.3 cm³/mol. The summed E-state index contributed by atoms with van der Waals surface area (Å²) in [6, 6.07) is 0. The summed E-state index contributed by atoms with van der Waals surface area (Å²) in [6.07, 6.45) is 11.6. The van der Waals surface area contributed by atoms with Gasteiger partial charge in [0.2, 0.25) is 5.91 Å². The van der Waals surface area contributed by atoms with Gasteiger partial charge in [0.25, 0.3) is 0 Å². The zero-order valence-corrected chi connectivity index (χ0v) is 12.8. The van der Waals surface area contributed by atoms with Gasteiger partial charge in [0, 0.05) is 19.4 Å². The molecular weight excluding hydrogens is 254 g/mol. The van der Waals surface area contributed by atoms with E-state index in [2.05, 4.69) is 10.1 Å². The SMILES string of the molecule is COC(=O)CCCCCNC(=O)CC1CCCCCC1. The smallest absolute Gasteiger partial charge is 0.305 e. The van der Waals surface area contributed by atoms with Gasteiger partial charge in [0.15, 0.2) is 0 Å². The standard InChI is InChI=1S/C16H29NO3/c1-20-16(19)11-7-4-8-12-17-15(18)13-14-9-5-2-3-6-10-14/h14H,2-13H2,1H3,(H,17,18). The first kappa shape index (κ1) is 17.0. The average Bonchev–Trinajstić information content (AvgIpc) is 2.70. The lowest BCUT2D eigenvalue weighted by Gasteiger charge is -2.13. The number of methoxy groups -OCH3 is 1. The van der Waals surface area contributed by atoms with Gasteiger partial charge in [-0.2, -0.15) is 0 Å². The molecule has 0 aromatic rings. The van der Waals surface area contributed by atoms with E-state index in [1.165, 1.54) is 45.6 Å². The number of hydrogen-bond donors (Lipinski definition) is 1. The summed E-state index contributed by atoms with van der Waals surface area (Å²) < 4.78 is 4.58. The van der Waals surface area contributed by atoms with Gasteiger partial charge in [-0.05, 0) is 31.6 Å². The summed E-state index contributed by atoms with van der Waals surface area (Å²) in [6.45, 7) is 0.729. The van der Waals surface area contributed by atoms with E-state index >= 15 is 0 Å². The average molecular weight is 283 g/mol. The third-order valence-corrected chi connectivity index (χ3v) is 4.06. The van der Waals surface area contributed by atoms with Crippen molar-refractivity contribution >= 4 is 11.9 Å². The first-order valence-electron chi connectivity index (χ1n) is 8.06. The summed E-state index contributed by atoms with van der Waals surface area (Å²) in [5.74, 6) is 0.643. The van der Waals surface area contributed by atoms with Crippen molar-refractivity contribution in [2.45, 2.75) is 70.6 Å². The molecule has 0 bridgehead atoms. The molecule has 0 aliphatic heterocycles. The Balaban J connectivity index is 1.98. The minimum Gasteiger partial charge on any atom is -0.469 e. The van der Waals surface area contributed by atoms with Crippen LogP contribution >= 0.6 is 0 Å². The number of rotatable bonds is 8. The molecule has 4 nitrogen and oxygen atoms in total. The maximum absolute atomic E-state index is 11.8. The van der Waals surface area contributed by atoms with Crippen molar-refractivity contribution in [3.63, 3.8) is 0 Å².